The first-order chi connectivity index (χ1) is 13.7. The lowest BCUT2D eigenvalue weighted by Gasteiger charge is -2.06. The molecule has 28 heavy (non-hydrogen) atoms. The highest BCUT2D eigenvalue weighted by Gasteiger charge is 2.07. The number of halogens is 1. The standard InChI is InChI=1S/C25H25FOS/c26-24-14-12-21(13-15-24)8-5-11-25(27)23-10-4-9-22(18-23)19-28-17-16-20-6-2-1-3-7-20/h1-4,6-7,9-10,12-15,18H,5,8,11,16-17,19H2. The molecule has 0 saturated carbocycles. The summed E-state index contributed by atoms with van der Waals surface area (Å²) in [4.78, 5) is 12.5. The van der Waals surface area contributed by atoms with Gasteiger partial charge in [0.25, 0.3) is 0 Å². The number of hydrogen-bond acceptors (Lipinski definition) is 2. The summed E-state index contributed by atoms with van der Waals surface area (Å²) in [5, 5.41) is 0. The van der Waals surface area contributed by atoms with E-state index in [2.05, 4.69) is 30.3 Å². The number of benzene rings is 3. The minimum Gasteiger partial charge on any atom is -0.294 e. The molecule has 0 atom stereocenters. The van der Waals surface area contributed by atoms with Crippen molar-refractivity contribution < 1.29 is 9.18 Å². The lowest BCUT2D eigenvalue weighted by atomic mass is 10.0. The molecule has 144 valence electrons. The van der Waals surface area contributed by atoms with E-state index in [0.29, 0.717) is 6.42 Å². The molecule has 0 aromatic heterocycles. The molecule has 1 nitrogen and oxygen atoms in total. The molecule has 0 aliphatic heterocycles. The first kappa shape index (κ1) is 20.3. The lowest BCUT2D eigenvalue weighted by Crippen LogP contribution is -2.01. The summed E-state index contributed by atoms with van der Waals surface area (Å²) in [5.74, 6) is 1.94. The molecular formula is C25H25FOS. The van der Waals surface area contributed by atoms with Gasteiger partial charge in [-0.15, -0.1) is 0 Å². The number of ketones is 1. The number of carbonyl (C=O) groups excluding carboxylic acids is 1. The molecule has 3 aromatic rings. The van der Waals surface area contributed by atoms with E-state index in [4.69, 9.17) is 0 Å². The van der Waals surface area contributed by atoms with Crippen LogP contribution < -0.4 is 0 Å². The van der Waals surface area contributed by atoms with Crippen molar-refractivity contribution in [3.05, 3.63) is 107 Å². The van der Waals surface area contributed by atoms with Crippen molar-refractivity contribution in [2.24, 2.45) is 0 Å². The Morgan fingerprint density at radius 2 is 1.50 bits per heavy atom. The van der Waals surface area contributed by atoms with Crippen molar-refractivity contribution in [3.63, 3.8) is 0 Å². The van der Waals surface area contributed by atoms with Crippen molar-refractivity contribution in [3.8, 4) is 0 Å². The van der Waals surface area contributed by atoms with Crippen molar-refractivity contribution in [1.82, 2.24) is 0 Å². The summed E-state index contributed by atoms with van der Waals surface area (Å²) in [6.45, 7) is 0. The second-order valence-electron chi connectivity index (χ2n) is 6.89. The Labute approximate surface area is 171 Å². The average Bonchev–Trinajstić information content (AvgIpc) is 2.73. The molecule has 0 spiro atoms. The Bertz CT molecular complexity index is 875. The topological polar surface area (TPSA) is 17.1 Å². The van der Waals surface area contributed by atoms with Gasteiger partial charge in [0.05, 0.1) is 0 Å². The Morgan fingerprint density at radius 3 is 2.29 bits per heavy atom. The zero-order valence-corrected chi connectivity index (χ0v) is 16.8. The quantitative estimate of drug-likeness (QED) is 0.289. The molecule has 0 heterocycles. The van der Waals surface area contributed by atoms with E-state index < -0.39 is 0 Å². The molecule has 0 aliphatic rings. The van der Waals surface area contributed by atoms with E-state index in [1.165, 1.54) is 23.3 Å². The summed E-state index contributed by atoms with van der Waals surface area (Å²) in [6.07, 6.45) is 3.15. The van der Waals surface area contributed by atoms with Crippen LogP contribution in [0.25, 0.3) is 0 Å². The largest absolute Gasteiger partial charge is 0.294 e. The second kappa shape index (κ2) is 10.8. The van der Waals surface area contributed by atoms with Crippen LogP contribution in [0, 0.1) is 5.82 Å². The number of carbonyl (C=O) groups is 1. The Hall–Kier alpha value is -2.39. The fourth-order valence-corrected chi connectivity index (χ4v) is 4.05. The van der Waals surface area contributed by atoms with Crippen LogP contribution in [-0.4, -0.2) is 11.5 Å². The predicted octanol–water partition coefficient (Wildman–Crippen LogP) is 6.51. The molecule has 0 amide bonds. The maximum absolute atomic E-state index is 12.9. The van der Waals surface area contributed by atoms with Crippen LogP contribution in [0.2, 0.25) is 0 Å². The highest BCUT2D eigenvalue weighted by molar-refractivity contribution is 7.98. The van der Waals surface area contributed by atoms with Crippen molar-refractivity contribution in [2.45, 2.75) is 31.4 Å². The van der Waals surface area contributed by atoms with Gasteiger partial charge in [0.15, 0.2) is 5.78 Å². The second-order valence-corrected chi connectivity index (χ2v) is 8.00. The van der Waals surface area contributed by atoms with E-state index in [1.807, 2.05) is 36.0 Å². The van der Waals surface area contributed by atoms with Crippen LogP contribution in [0.5, 0.6) is 0 Å². The van der Waals surface area contributed by atoms with Gasteiger partial charge in [-0.25, -0.2) is 4.39 Å². The molecule has 0 aliphatic carbocycles. The van der Waals surface area contributed by atoms with Gasteiger partial charge in [-0.2, -0.15) is 11.8 Å². The SMILES string of the molecule is O=C(CCCc1ccc(F)cc1)c1cccc(CSCCc2ccccc2)c1. The van der Waals surface area contributed by atoms with Crippen LogP contribution in [0.3, 0.4) is 0 Å². The Morgan fingerprint density at radius 1 is 0.786 bits per heavy atom. The fourth-order valence-electron chi connectivity index (χ4n) is 3.11. The van der Waals surface area contributed by atoms with Gasteiger partial charge in [0.1, 0.15) is 5.82 Å². The van der Waals surface area contributed by atoms with Gasteiger partial charge in [-0.1, -0.05) is 60.7 Å². The zero-order chi connectivity index (χ0) is 19.6. The molecule has 0 saturated heterocycles. The monoisotopic (exact) mass is 392 g/mol. The van der Waals surface area contributed by atoms with Crippen LogP contribution in [0.1, 0.15) is 39.9 Å². The van der Waals surface area contributed by atoms with Crippen LogP contribution in [-0.2, 0) is 18.6 Å². The van der Waals surface area contributed by atoms with Gasteiger partial charge in [0.2, 0.25) is 0 Å². The maximum Gasteiger partial charge on any atom is 0.162 e. The number of hydrogen-bond donors (Lipinski definition) is 0. The Balaban J connectivity index is 1.42. The minimum atomic E-state index is -0.224. The molecule has 0 radical (unpaired) electrons. The highest BCUT2D eigenvalue weighted by Crippen LogP contribution is 2.17. The summed E-state index contributed by atoms with van der Waals surface area (Å²) in [6, 6.07) is 25.0. The van der Waals surface area contributed by atoms with Crippen molar-refractivity contribution in [2.75, 3.05) is 5.75 Å². The van der Waals surface area contributed by atoms with E-state index >= 15 is 0 Å². The number of thioether (sulfide) groups is 1. The number of rotatable bonds is 10. The van der Waals surface area contributed by atoms with E-state index in [9.17, 15) is 9.18 Å². The minimum absolute atomic E-state index is 0.179. The Kier molecular flexibility index (Phi) is 7.86. The molecular weight excluding hydrogens is 367 g/mol. The first-order valence-corrected chi connectivity index (χ1v) is 10.8. The van der Waals surface area contributed by atoms with Gasteiger partial charge >= 0.3 is 0 Å². The number of Topliss-reactive ketones (excluding diaryl/α,β-unsaturated/α-hetero) is 1. The smallest absolute Gasteiger partial charge is 0.162 e. The first-order valence-electron chi connectivity index (χ1n) is 9.69. The molecule has 3 rings (SSSR count). The zero-order valence-electron chi connectivity index (χ0n) is 15.9. The summed E-state index contributed by atoms with van der Waals surface area (Å²) in [7, 11) is 0. The van der Waals surface area contributed by atoms with Crippen molar-refractivity contribution >= 4 is 17.5 Å². The van der Waals surface area contributed by atoms with Gasteiger partial charge in [-0.3, -0.25) is 4.79 Å². The third-order valence-corrected chi connectivity index (χ3v) is 5.71. The van der Waals surface area contributed by atoms with Crippen LogP contribution in [0.4, 0.5) is 4.39 Å². The lowest BCUT2D eigenvalue weighted by molar-refractivity contribution is 0.0980. The summed E-state index contributed by atoms with van der Waals surface area (Å²) >= 11 is 1.90. The molecule has 0 N–H and O–H groups in total. The average molecular weight is 393 g/mol. The molecule has 0 unspecified atom stereocenters. The summed E-state index contributed by atoms with van der Waals surface area (Å²) < 4.78 is 12.9. The molecule has 0 fully saturated rings. The fraction of sp³-hybridized carbons (Fsp3) is 0.240. The van der Waals surface area contributed by atoms with E-state index in [0.717, 1.165) is 41.9 Å². The highest BCUT2D eigenvalue weighted by atomic mass is 32.2. The normalized spacial score (nSPS) is 10.8. The van der Waals surface area contributed by atoms with Crippen LogP contribution in [0.15, 0.2) is 78.9 Å². The summed E-state index contributed by atoms with van der Waals surface area (Å²) in [5.41, 5.74) is 4.42. The van der Waals surface area contributed by atoms with Crippen LogP contribution >= 0.6 is 11.8 Å². The molecule has 0 bridgehead atoms. The maximum atomic E-state index is 12.9. The van der Waals surface area contributed by atoms with E-state index in [1.54, 1.807) is 12.1 Å². The molecule has 3 heteroatoms. The van der Waals surface area contributed by atoms with Gasteiger partial charge in [0, 0.05) is 17.7 Å². The predicted molar refractivity (Wildman–Crippen MR) is 116 cm³/mol. The molecule has 3 aromatic carbocycles. The third kappa shape index (κ3) is 6.65. The van der Waals surface area contributed by atoms with Gasteiger partial charge < -0.3 is 0 Å². The number of aryl methyl sites for hydroxylation is 2. The van der Waals surface area contributed by atoms with Crippen molar-refractivity contribution in [1.29, 1.82) is 0 Å². The van der Waals surface area contributed by atoms with Gasteiger partial charge in [-0.05, 0) is 59.9 Å². The van der Waals surface area contributed by atoms with E-state index in [-0.39, 0.29) is 11.6 Å². The third-order valence-electron chi connectivity index (χ3n) is 4.68.